The molecule has 8 nitrogen and oxygen atoms in total. The molecule has 0 saturated carbocycles. The Bertz CT molecular complexity index is 1180. The molecule has 2 aromatic heterocycles. The smallest absolute Gasteiger partial charge is 0.348 e. The van der Waals surface area contributed by atoms with E-state index in [0.717, 1.165) is 24.2 Å². The molecule has 0 atom stereocenters. The highest BCUT2D eigenvalue weighted by atomic mass is 32.1. The van der Waals surface area contributed by atoms with Gasteiger partial charge in [0.05, 0.1) is 19.3 Å². The number of benzene rings is 1. The molecule has 0 spiro atoms. The summed E-state index contributed by atoms with van der Waals surface area (Å²) in [5.41, 5.74) is 1.75. The van der Waals surface area contributed by atoms with E-state index in [1.54, 1.807) is 13.0 Å². The second-order valence-electron chi connectivity index (χ2n) is 7.79. The Kier molecular flexibility index (Phi) is 9.08. The van der Waals surface area contributed by atoms with Crippen LogP contribution in [0.1, 0.15) is 74.2 Å². The van der Waals surface area contributed by atoms with Crippen LogP contribution in [0.5, 0.6) is 5.75 Å². The fraction of sp³-hybridized carbons (Fsp3) is 0.346. The second kappa shape index (κ2) is 12.2. The molecule has 0 aliphatic heterocycles. The van der Waals surface area contributed by atoms with Crippen LogP contribution in [0.2, 0.25) is 0 Å². The Morgan fingerprint density at radius 1 is 1.00 bits per heavy atom. The van der Waals surface area contributed by atoms with Crippen molar-refractivity contribution in [3.8, 4) is 5.75 Å². The normalized spacial score (nSPS) is 10.6. The van der Waals surface area contributed by atoms with Gasteiger partial charge in [0.1, 0.15) is 28.0 Å². The summed E-state index contributed by atoms with van der Waals surface area (Å²) in [4.78, 5) is 37.8. The molecule has 0 saturated heterocycles. The Labute approximate surface area is 208 Å². The average Bonchev–Trinajstić information content (AvgIpc) is 3.46. The van der Waals surface area contributed by atoms with Gasteiger partial charge in [-0.25, -0.2) is 9.59 Å². The first-order valence-corrected chi connectivity index (χ1v) is 12.2. The number of rotatable bonds is 11. The number of carbonyl (C=O) groups excluding carboxylic acids is 3. The van der Waals surface area contributed by atoms with Crippen molar-refractivity contribution < 1.29 is 33.0 Å². The Balaban J connectivity index is 1.71. The summed E-state index contributed by atoms with van der Waals surface area (Å²) in [6.07, 6.45) is 2.73. The van der Waals surface area contributed by atoms with Gasteiger partial charge in [0.25, 0.3) is 5.91 Å². The number of carbonyl (C=O) groups is 3. The molecule has 0 bridgehead atoms. The maximum absolute atomic E-state index is 12.8. The number of thiophene rings is 1. The van der Waals surface area contributed by atoms with E-state index in [-0.39, 0.29) is 34.4 Å². The fourth-order valence-electron chi connectivity index (χ4n) is 3.34. The van der Waals surface area contributed by atoms with Crippen molar-refractivity contribution in [1.29, 1.82) is 0 Å². The van der Waals surface area contributed by atoms with Gasteiger partial charge >= 0.3 is 11.9 Å². The van der Waals surface area contributed by atoms with Crippen LogP contribution in [0, 0.1) is 6.92 Å². The van der Waals surface area contributed by atoms with E-state index in [1.165, 1.54) is 18.7 Å². The van der Waals surface area contributed by atoms with Gasteiger partial charge in [0.2, 0.25) is 0 Å². The second-order valence-corrected chi connectivity index (χ2v) is 8.81. The van der Waals surface area contributed by atoms with Crippen molar-refractivity contribution in [2.75, 3.05) is 19.0 Å². The number of nitrogens with one attached hydrogen (secondary N) is 1. The SMILES string of the molecule is CCCOC(=O)c1c(NC(=O)c2ccc(COc3ccc(CCC)cc3)o2)sc(C(=O)OC)c1C. The minimum atomic E-state index is -0.621. The Morgan fingerprint density at radius 3 is 2.40 bits per heavy atom. The minimum Gasteiger partial charge on any atom is -0.486 e. The van der Waals surface area contributed by atoms with Gasteiger partial charge < -0.3 is 23.9 Å². The lowest BCUT2D eigenvalue weighted by Gasteiger charge is -2.07. The van der Waals surface area contributed by atoms with Gasteiger partial charge in [0.15, 0.2) is 5.76 Å². The topological polar surface area (TPSA) is 104 Å². The summed E-state index contributed by atoms with van der Waals surface area (Å²) >= 11 is 0.949. The van der Waals surface area contributed by atoms with Crippen LogP contribution >= 0.6 is 11.3 Å². The van der Waals surface area contributed by atoms with Gasteiger partial charge in [-0.3, -0.25) is 4.79 Å². The van der Waals surface area contributed by atoms with Crippen LogP contribution in [-0.4, -0.2) is 31.6 Å². The zero-order valence-electron chi connectivity index (χ0n) is 20.3. The van der Waals surface area contributed by atoms with Crippen LogP contribution in [0.4, 0.5) is 5.00 Å². The van der Waals surface area contributed by atoms with Gasteiger partial charge in [0, 0.05) is 0 Å². The molecule has 1 amide bonds. The van der Waals surface area contributed by atoms with Crippen molar-refractivity contribution in [1.82, 2.24) is 0 Å². The summed E-state index contributed by atoms with van der Waals surface area (Å²) in [5, 5.41) is 2.86. The summed E-state index contributed by atoms with van der Waals surface area (Å²) < 4.78 is 21.4. The Morgan fingerprint density at radius 2 is 1.74 bits per heavy atom. The first-order valence-electron chi connectivity index (χ1n) is 11.4. The van der Waals surface area contributed by atoms with Gasteiger partial charge in [-0.2, -0.15) is 0 Å². The number of methoxy groups -OCH3 is 1. The van der Waals surface area contributed by atoms with E-state index in [4.69, 9.17) is 18.6 Å². The van der Waals surface area contributed by atoms with Crippen LogP contribution in [0.25, 0.3) is 0 Å². The predicted octanol–water partition coefficient (Wildman–Crippen LogP) is 5.79. The lowest BCUT2D eigenvalue weighted by molar-refractivity contribution is 0.0506. The number of furan rings is 1. The molecule has 9 heteroatoms. The van der Waals surface area contributed by atoms with Gasteiger partial charge in [-0.05, 0) is 55.2 Å². The highest BCUT2D eigenvalue weighted by molar-refractivity contribution is 7.18. The number of anilines is 1. The number of ether oxygens (including phenoxy) is 3. The predicted molar refractivity (Wildman–Crippen MR) is 132 cm³/mol. The molecule has 3 rings (SSSR count). The third-order valence-electron chi connectivity index (χ3n) is 5.11. The summed E-state index contributed by atoms with van der Waals surface area (Å²) in [7, 11) is 1.25. The molecule has 0 aliphatic carbocycles. The molecule has 186 valence electrons. The van der Waals surface area contributed by atoms with Crippen LogP contribution in [-0.2, 0) is 22.5 Å². The number of hydrogen-bond donors (Lipinski definition) is 1. The first kappa shape index (κ1) is 26.0. The van der Waals surface area contributed by atoms with Gasteiger partial charge in [-0.15, -0.1) is 11.3 Å². The van der Waals surface area contributed by atoms with E-state index in [1.807, 2.05) is 31.2 Å². The molecule has 1 N–H and O–H groups in total. The molecule has 0 unspecified atom stereocenters. The summed E-state index contributed by atoms with van der Waals surface area (Å²) in [6, 6.07) is 11.0. The standard InChI is InChI=1S/C26H29NO7S/c1-5-7-17-8-10-18(11-9-17)33-15-19-12-13-20(34-19)23(28)27-24-21(25(29)32-14-6-2)16(3)22(35-24)26(30)31-4/h8-13H,5-7,14-15H2,1-4H3,(H,27,28). The van der Waals surface area contributed by atoms with Crippen molar-refractivity contribution in [2.45, 2.75) is 46.6 Å². The maximum atomic E-state index is 12.8. The van der Waals surface area contributed by atoms with Crippen molar-refractivity contribution in [3.05, 3.63) is 69.5 Å². The van der Waals surface area contributed by atoms with Crippen molar-refractivity contribution >= 4 is 34.2 Å². The maximum Gasteiger partial charge on any atom is 0.348 e. The number of esters is 2. The minimum absolute atomic E-state index is 0.0421. The Hall–Kier alpha value is -3.59. The lowest BCUT2D eigenvalue weighted by atomic mass is 10.1. The number of amides is 1. The molecule has 35 heavy (non-hydrogen) atoms. The largest absolute Gasteiger partial charge is 0.486 e. The highest BCUT2D eigenvalue weighted by Gasteiger charge is 2.28. The summed E-state index contributed by atoms with van der Waals surface area (Å²) in [6.45, 7) is 5.98. The molecule has 0 aliphatic rings. The first-order chi connectivity index (χ1) is 16.9. The third kappa shape index (κ3) is 6.51. The zero-order chi connectivity index (χ0) is 25.4. The van der Waals surface area contributed by atoms with Crippen molar-refractivity contribution in [2.24, 2.45) is 0 Å². The molecule has 1 aromatic carbocycles. The van der Waals surface area contributed by atoms with Crippen LogP contribution in [0.3, 0.4) is 0 Å². The monoisotopic (exact) mass is 499 g/mol. The number of aryl methyl sites for hydroxylation is 1. The average molecular weight is 500 g/mol. The van der Waals surface area contributed by atoms with E-state index in [0.29, 0.717) is 23.5 Å². The summed E-state index contributed by atoms with van der Waals surface area (Å²) in [5.74, 6) is -0.579. The molecule has 2 heterocycles. The quantitative estimate of drug-likeness (QED) is 0.333. The molecule has 0 radical (unpaired) electrons. The molecule has 3 aromatic rings. The molecular weight excluding hydrogens is 470 g/mol. The van der Waals surface area contributed by atoms with Crippen molar-refractivity contribution in [3.63, 3.8) is 0 Å². The molecule has 0 fully saturated rings. The third-order valence-corrected chi connectivity index (χ3v) is 6.30. The van der Waals surface area contributed by atoms with E-state index in [9.17, 15) is 14.4 Å². The fourth-order valence-corrected chi connectivity index (χ4v) is 4.45. The van der Waals surface area contributed by atoms with E-state index < -0.39 is 17.8 Å². The van der Waals surface area contributed by atoms with E-state index in [2.05, 4.69) is 12.2 Å². The highest BCUT2D eigenvalue weighted by Crippen LogP contribution is 2.34. The zero-order valence-corrected chi connectivity index (χ0v) is 21.1. The van der Waals surface area contributed by atoms with E-state index >= 15 is 0 Å². The lowest BCUT2D eigenvalue weighted by Crippen LogP contribution is -2.14. The van der Waals surface area contributed by atoms with Crippen LogP contribution in [0.15, 0.2) is 40.8 Å². The molecular formula is C26H29NO7S. The number of hydrogen-bond acceptors (Lipinski definition) is 8. The van der Waals surface area contributed by atoms with Gasteiger partial charge in [-0.1, -0.05) is 32.4 Å². The van der Waals surface area contributed by atoms with Crippen LogP contribution < -0.4 is 10.1 Å².